The van der Waals surface area contributed by atoms with Gasteiger partial charge < -0.3 is 15.5 Å². The van der Waals surface area contributed by atoms with Crippen molar-refractivity contribution in [1.29, 1.82) is 0 Å². The van der Waals surface area contributed by atoms with Gasteiger partial charge in [-0.05, 0) is 74.1 Å². The van der Waals surface area contributed by atoms with Crippen LogP contribution in [-0.4, -0.2) is 46.6 Å². The number of aromatic nitrogens is 3. The minimum absolute atomic E-state index is 0.130. The van der Waals surface area contributed by atoms with Gasteiger partial charge in [-0.3, -0.25) is 9.89 Å². The van der Waals surface area contributed by atoms with Crippen LogP contribution in [0.5, 0.6) is 0 Å². The number of amides is 1. The molecular formula is C28H30N6O. The van der Waals surface area contributed by atoms with Crippen molar-refractivity contribution in [3.05, 3.63) is 78.1 Å². The number of fused-ring (bicyclic) bond motifs is 1. The molecule has 1 aliphatic carbocycles. The molecule has 7 heteroatoms. The highest BCUT2D eigenvalue weighted by molar-refractivity contribution is 5.99. The van der Waals surface area contributed by atoms with Gasteiger partial charge in [-0.1, -0.05) is 30.3 Å². The molecule has 1 saturated carbocycles. The largest absolute Gasteiger partial charge is 0.323 e. The zero-order valence-electron chi connectivity index (χ0n) is 20.3. The molecule has 35 heavy (non-hydrogen) atoms. The van der Waals surface area contributed by atoms with Crippen molar-refractivity contribution in [3.63, 3.8) is 0 Å². The molecule has 7 nitrogen and oxygen atoms in total. The molecule has 2 heterocycles. The molecule has 0 spiro atoms. The van der Waals surface area contributed by atoms with E-state index in [1.165, 1.54) is 18.5 Å². The van der Waals surface area contributed by atoms with Crippen LogP contribution in [0.1, 0.15) is 30.0 Å². The van der Waals surface area contributed by atoms with E-state index >= 15 is 0 Å². The molecule has 0 radical (unpaired) electrons. The molecule has 2 aromatic heterocycles. The second-order valence-electron chi connectivity index (χ2n) is 9.37. The Hall–Kier alpha value is -3.97. The van der Waals surface area contributed by atoms with Crippen LogP contribution in [0.2, 0.25) is 0 Å². The minimum Gasteiger partial charge on any atom is -0.323 e. The summed E-state index contributed by atoms with van der Waals surface area (Å²) in [6.07, 6.45) is 7.77. The summed E-state index contributed by atoms with van der Waals surface area (Å²) in [4.78, 5) is 18.7. The third kappa shape index (κ3) is 5.41. The first-order valence-electron chi connectivity index (χ1n) is 11.9. The summed E-state index contributed by atoms with van der Waals surface area (Å²) in [5.41, 5.74) is 5.23. The maximum absolute atomic E-state index is 12.1. The monoisotopic (exact) mass is 466 g/mol. The lowest BCUT2D eigenvalue weighted by molar-refractivity contribution is -0.111. The maximum atomic E-state index is 12.1. The Labute approximate surface area is 205 Å². The molecule has 2 aromatic carbocycles. The van der Waals surface area contributed by atoms with E-state index < -0.39 is 0 Å². The molecule has 0 unspecified atom stereocenters. The van der Waals surface area contributed by atoms with E-state index in [4.69, 9.17) is 0 Å². The van der Waals surface area contributed by atoms with E-state index in [0.717, 1.165) is 51.3 Å². The number of hydrogen-bond acceptors (Lipinski definition) is 5. The predicted octanol–water partition coefficient (Wildman–Crippen LogP) is 5.61. The van der Waals surface area contributed by atoms with Crippen molar-refractivity contribution in [2.45, 2.75) is 25.7 Å². The number of benzene rings is 2. The highest BCUT2D eigenvalue weighted by atomic mass is 16.1. The van der Waals surface area contributed by atoms with Gasteiger partial charge in [0, 0.05) is 47.6 Å². The summed E-state index contributed by atoms with van der Waals surface area (Å²) in [5, 5.41) is 16.0. The summed E-state index contributed by atoms with van der Waals surface area (Å²) in [6.45, 7) is 2.81. The number of likely N-dealkylation sites (N-methyl/N-ethyl adjacent to an activating group) is 1. The average molecular weight is 467 g/mol. The van der Waals surface area contributed by atoms with Crippen LogP contribution in [0.4, 0.5) is 17.3 Å². The van der Waals surface area contributed by atoms with Crippen LogP contribution in [0.3, 0.4) is 0 Å². The number of carbonyl (C=O) groups excluding carboxylic acids is 1. The van der Waals surface area contributed by atoms with Crippen LogP contribution >= 0.6 is 0 Å². The first kappa shape index (κ1) is 22.8. The molecule has 0 aliphatic heterocycles. The third-order valence-corrected chi connectivity index (χ3v) is 6.23. The lowest BCUT2D eigenvalue weighted by atomic mass is 9.99. The molecule has 1 aliphatic rings. The highest BCUT2D eigenvalue weighted by Crippen LogP contribution is 2.40. The van der Waals surface area contributed by atoms with Crippen LogP contribution in [0.15, 0.2) is 66.9 Å². The normalized spacial score (nSPS) is 13.6. The zero-order valence-corrected chi connectivity index (χ0v) is 20.3. The van der Waals surface area contributed by atoms with Gasteiger partial charge in [-0.2, -0.15) is 5.10 Å². The van der Waals surface area contributed by atoms with Crippen molar-refractivity contribution in [1.82, 2.24) is 20.1 Å². The summed E-state index contributed by atoms with van der Waals surface area (Å²) >= 11 is 0. The number of pyridine rings is 1. The Bertz CT molecular complexity index is 1380. The molecule has 4 aromatic rings. The van der Waals surface area contributed by atoms with Gasteiger partial charge in [0.2, 0.25) is 5.91 Å². The number of aryl methyl sites for hydroxylation is 1. The number of rotatable bonds is 8. The minimum atomic E-state index is -0.130. The molecule has 0 saturated heterocycles. The third-order valence-electron chi connectivity index (χ3n) is 6.23. The van der Waals surface area contributed by atoms with E-state index in [9.17, 15) is 4.79 Å². The summed E-state index contributed by atoms with van der Waals surface area (Å²) in [5.74, 6) is 2.11. The van der Waals surface area contributed by atoms with Gasteiger partial charge in [0.25, 0.3) is 0 Å². The smallest absolute Gasteiger partial charge is 0.248 e. The van der Waals surface area contributed by atoms with E-state index in [0.29, 0.717) is 5.92 Å². The van der Waals surface area contributed by atoms with Crippen LogP contribution in [-0.2, 0) is 4.79 Å². The topological polar surface area (TPSA) is 85.9 Å². The van der Waals surface area contributed by atoms with Crippen LogP contribution in [0, 0.1) is 6.92 Å². The van der Waals surface area contributed by atoms with Crippen molar-refractivity contribution >= 4 is 34.0 Å². The quantitative estimate of drug-likeness (QED) is 0.294. The van der Waals surface area contributed by atoms with E-state index in [1.54, 1.807) is 6.08 Å². The average Bonchev–Trinajstić information content (AvgIpc) is 3.59. The first-order valence-corrected chi connectivity index (χ1v) is 11.9. The fraction of sp³-hybridized carbons (Fsp3) is 0.250. The zero-order chi connectivity index (χ0) is 24.4. The van der Waals surface area contributed by atoms with Crippen molar-refractivity contribution < 1.29 is 4.79 Å². The van der Waals surface area contributed by atoms with E-state index in [2.05, 4.69) is 57.0 Å². The number of hydrogen-bond donors (Lipinski definition) is 3. The maximum Gasteiger partial charge on any atom is 0.248 e. The fourth-order valence-electron chi connectivity index (χ4n) is 4.08. The molecule has 1 amide bonds. The van der Waals surface area contributed by atoms with Crippen molar-refractivity contribution in [3.8, 4) is 11.1 Å². The van der Waals surface area contributed by atoms with Gasteiger partial charge in [0.1, 0.15) is 5.82 Å². The van der Waals surface area contributed by atoms with Crippen LogP contribution in [0.25, 0.3) is 21.9 Å². The molecule has 5 rings (SSSR count). The lowest BCUT2D eigenvalue weighted by Gasteiger charge is -2.11. The Balaban J connectivity index is 1.33. The Morgan fingerprint density at radius 1 is 1.11 bits per heavy atom. The Morgan fingerprint density at radius 3 is 2.63 bits per heavy atom. The molecule has 3 N–H and O–H groups in total. The van der Waals surface area contributed by atoms with Gasteiger partial charge in [-0.15, -0.1) is 0 Å². The fourth-order valence-corrected chi connectivity index (χ4v) is 4.08. The molecular weight excluding hydrogens is 436 g/mol. The van der Waals surface area contributed by atoms with Crippen LogP contribution < -0.4 is 10.6 Å². The second kappa shape index (κ2) is 9.72. The Morgan fingerprint density at radius 2 is 1.89 bits per heavy atom. The second-order valence-corrected chi connectivity index (χ2v) is 9.37. The number of nitrogens with zero attached hydrogens (tertiary/aromatic N) is 3. The van der Waals surface area contributed by atoms with E-state index in [1.807, 2.05) is 55.5 Å². The van der Waals surface area contributed by atoms with Gasteiger partial charge in [0.05, 0.1) is 0 Å². The first-order chi connectivity index (χ1) is 17.0. The summed E-state index contributed by atoms with van der Waals surface area (Å²) in [7, 11) is 3.93. The SMILES string of the molecule is Cc1c(Nc2cc(C3CC3)[nH]n2)ncc2ccc(-c3ccc(NC(=O)/C=C/CN(C)C)cc3)cc12. The highest BCUT2D eigenvalue weighted by Gasteiger charge is 2.25. The predicted molar refractivity (Wildman–Crippen MR) is 142 cm³/mol. The molecule has 0 atom stereocenters. The van der Waals surface area contributed by atoms with Gasteiger partial charge in [0.15, 0.2) is 5.82 Å². The molecule has 178 valence electrons. The molecule has 0 bridgehead atoms. The summed E-state index contributed by atoms with van der Waals surface area (Å²) in [6, 6.07) is 16.4. The number of carbonyl (C=O) groups is 1. The lowest BCUT2D eigenvalue weighted by Crippen LogP contribution is -2.12. The standard InChI is InChI=1S/C28H30N6O/c1-18-24-15-21(19-10-12-23(13-11-19)30-27(35)5-4-14-34(2)3)8-9-22(24)17-29-28(18)31-26-16-25(32-33-26)20-6-7-20/h4-5,8-13,15-17,20H,6-7,14H2,1-3H3,(H,30,35)(H2,29,31,32,33)/b5-4+. The number of nitrogens with one attached hydrogen (secondary N) is 3. The summed E-state index contributed by atoms with van der Waals surface area (Å²) < 4.78 is 0. The Kier molecular flexibility index (Phi) is 6.33. The van der Waals surface area contributed by atoms with Gasteiger partial charge >= 0.3 is 0 Å². The van der Waals surface area contributed by atoms with Crippen molar-refractivity contribution in [2.75, 3.05) is 31.3 Å². The molecule has 1 fully saturated rings. The van der Waals surface area contributed by atoms with Gasteiger partial charge in [-0.25, -0.2) is 4.98 Å². The number of H-pyrrole nitrogens is 1. The van der Waals surface area contributed by atoms with E-state index in [-0.39, 0.29) is 5.91 Å². The number of anilines is 3. The number of aromatic amines is 1. The van der Waals surface area contributed by atoms with Crippen molar-refractivity contribution in [2.24, 2.45) is 0 Å².